The minimum absolute atomic E-state index is 0.0192. The molecule has 1 aromatic carbocycles. The van der Waals surface area contributed by atoms with Crippen molar-refractivity contribution in [1.29, 1.82) is 5.26 Å². The monoisotopic (exact) mass is 273 g/mol. The van der Waals surface area contributed by atoms with Crippen LogP contribution in [0, 0.1) is 31.1 Å². The number of thioether (sulfide) groups is 1. The number of hydrogen-bond acceptors (Lipinski definition) is 5. The maximum absolute atomic E-state index is 8.80. The third-order valence-corrected chi connectivity index (χ3v) is 3.88. The molecule has 5 nitrogen and oxygen atoms in total. The molecule has 0 spiro atoms. The lowest BCUT2D eigenvalue weighted by molar-refractivity contribution is 0.749. The van der Waals surface area contributed by atoms with Crippen LogP contribution in [0.4, 0.5) is 0 Å². The first kappa shape index (κ1) is 13.6. The highest BCUT2D eigenvalue weighted by Gasteiger charge is 2.12. The Morgan fingerprint density at radius 2 is 2.21 bits per heavy atom. The van der Waals surface area contributed by atoms with Crippen LogP contribution in [0.2, 0.25) is 0 Å². The molecular formula is C13H15N5S. The lowest BCUT2D eigenvalue weighted by atomic mass is 10.1. The summed E-state index contributed by atoms with van der Waals surface area (Å²) in [6, 6.07) is 8.36. The van der Waals surface area contributed by atoms with Gasteiger partial charge in [0.1, 0.15) is 0 Å². The van der Waals surface area contributed by atoms with Crippen LogP contribution in [0.1, 0.15) is 18.1 Å². The zero-order chi connectivity index (χ0) is 13.8. The molecule has 1 aromatic heterocycles. The van der Waals surface area contributed by atoms with Gasteiger partial charge in [0.05, 0.1) is 17.7 Å². The van der Waals surface area contributed by atoms with E-state index in [1.54, 1.807) is 4.68 Å². The van der Waals surface area contributed by atoms with Gasteiger partial charge in [-0.2, -0.15) is 9.94 Å². The highest BCUT2D eigenvalue weighted by atomic mass is 32.2. The van der Waals surface area contributed by atoms with Crippen molar-refractivity contribution < 1.29 is 0 Å². The van der Waals surface area contributed by atoms with E-state index in [9.17, 15) is 0 Å². The lowest BCUT2D eigenvalue weighted by Gasteiger charge is -2.08. The molecule has 0 fully saturated rings. The van der Waals surface area contributed by atoms with Crippen LogP contribution in [0.25, 0.3) is 5.69 Å². The van der Waals surface area contributed by atoms with Gasteiger partial charge in [-0.3, -0.25) is 0 Å². The Bertz CT molecular complexity index is 614. The molecule has 19 heavy (non-hydrogen) atoms. The van der Waals surface area contributed by atoms with Gasteiger partial charge in [0.25, 0.3) is 0 Å². The van der Waals surface area contributed by atoms with Crippen LogP contribution in [-0.4, -0.2) is 26.0 Å². The minimum atomic E-state index is -0.0192. The molecule has 2 aromatic rings. The molecule has 0 N–H and O–H groups in total. The molecule has 1 atom stereocenters. The van der Waals surface area contributed by atoms with Gasteiger partial charge in [0.2, 0.25) is 5.16 Å². The summed E-state index contributed by atoms with van der Waals surface area (Å²) in [7, 11) is 0. The van der Waals surface area contributed by atoms with E-state index in [1.165, 1.54) is 17.3 Å². The van der Waals surface area contributed by atoms with Gasteiger partial charge in [-0.1, -0.05) is 29.5 Å². The summed E-state index contributed by atoms with van der Waals surface area (Å²) in [5.74, 6) is 0.663. The molecule has 0 aliphatic heterocycles. The van der Waals surface area contributed by atoms with Gasteiger partial charge in [0, 0.05) is 5.75 Å². The Labute approximate surface area is 116 Å². The lowest BCUT2D eigenvalue weighted by Crippen LogP contribution is -2.03. The summed E-state index contributed by atoms with van der Waals surface area (Å²) in [5.41, 5.74) is 3.31. The van der Waals surface area contributed by atoms with E-state index in [-0.39, 0.29) is 5.92 Å². The summed E-state index contributed by atoms with van der Waals surface area (Å²) >= 11 is 1.50. The molecule has 0 unspecified atom stereocenters. The first-order chi connectivity index (χ1) is 9.11. The van der Waals surface area contributed by atoms with E-state index < -0.39 is 0 Å². The number of nitrogens with zero attached hydrogens (tertiary/aromatic N) is 5. The maximum Gasteiger partial charge on any atom is 0.214 e. The topological polar surface area (TPSA) is 67.4 Å². The van der Waals surface area contributed by atoms with Crippen LogP contribution < -0.4 is 0 Å². The Kier molecular flexibility index (Phi) is 4.17. The molecule has 6 heteroatoms. The van der Waals surface area contributed by atoms with E-state index in [2.05, 4.69) is 34.6 Å². The number of aryl methyl sites for hydroxylation is 2. The number of rotatable bonds is 4. The maximum atomic E-state index is 8.80. The fraction of sp³-hybridized carbons (Fsp3) is 0.385. The van der Waals surface area contributed by atoms with Crippen molar-refractivity contribution in [2.24, 2.45) is 5.92 Å². The smallest absolute Gasteiger partial charge is 0.198 e. The van der Waals surface area contributed by atoms with E-state index >= 15 is 0 Å². The molecule has 0 radical (unpaired) electrons. The molecule has 0 bridgehead atoms. The zero-order valence-electron chi connectivity index (χ0n) is 11.2. The fourth-order valence-electron chi connectivity index (χ4n) is 1.70. The first-order valence-electron chi connectivity index (χ1n) is 6.00. The van der Waals surface area contributed by atoms with E-state index in [0.29, 0.717) is 10.9 Å². The van der Waals surface area contributed by atoms with Crippen molar-refractivity contribution in [2.45, 2.75) is 25.9 Å². The SMILES string of the molecule is Cc1ccc(-n2nnnc2SC[C@@H](C)C#N)c(C)c1. The summed E-state index contributed by atoms with van der Waals surface area (Å²) in [5, 5.41) is 21.3. The average molecular weight is 273 g/mol. The molecule has 98 valence electrons. The Hall–Kier alpha value is -1.87. The molecule has 2 rings (SSSR count). The van der Waals surface area contributed by atoms with Crippen molar-refractivity contribution in [3.8, 4) is 11.8 Å². The molecule has 0 aliphatic carbocycles. The molecule has 0 aliphatic rings. The predicted octanol–water partition coefficient (Wildman–Crippen LogP) is 2.53. The average Bonchev–Trinajstić information content (AvgIpc) is 2.84. The second kappa shape index (κ2) is 5.85. The van der Waals surface area contributed by atoms with Crippen molar-refractivity contribution in [3.05, 3.63) is 29.3 Å². The zero-order valence-corrected chi connectivity index (χ0v) is 12.0. The summed E-state index contributed by atoms with van der Waals surface area (Å²) in [4.78, 5) is 0. The third-order valence-electron chi connectivity index (χ3n) is 2.70. The van der Waals surface area contributed by atoms with Crippen molar-refractivity contribution >= 4 is 11.8 Å². The highest BCUT2D eigenvalue weighted by molar-refractivity contribution is 7.99. The Morgan fingerprint density at radius 1 is 1.42 bits per heavy atom. The minimum Gasteiger partial charge on any atom is -0.198 e. The van der Waals surface area contributed by atoms with Crippen LogP contribution >= 0.6 is 11.8 Å². The van der Waals surface area contributed by atoms with E-state index in [4.69, 9.17) is 5.26 Å². The van der Waals surface area contributed by atoms with Crippen LogP contribution in [0.5, 0.6) is 0 Å². The normalized spacial score (nSPS) is 12.1. The summed E-state index contributed by atoms with van der Waals surface area (Å²) < 4.78 is 1.73. The van der Waals surface area contributed by atoms with E-state index in [1.807, 2.05) is 26.0 Å². The van der Waals surface area contributed by atoms with E-state index in [0.717, 1.165) is 11.3 Å². The van der Waals surface area contributed by atoms with Gasteiger partial charge >= 0.3 is 0 Å². The molecular weight excluding hydrogens is 258 g/mol. The Morgan fingerprint density at radius 3 is 2.89 bits per heavy atom. The van der Waals surface area contributed by atoms with Crippen molar-refractivity contribution in [2.75, 3.05) is 5.75 Å². The quantitative estimate of drug-likeness (QED) is 0.801. The van der Waals surface area contributed by atoms with Crippen LogP contribution in [-0.2, 0) is 0 Å². The largest absolute Gasteiger partial charge is 0.214 e. The molecule has 0 saturated heterocycles. The molecule has 1 heterocycles. The number of hydrogen-bond donors (Lipinski definition) is 0. The van der Waals surface area contributed by atoms with Gasteiger partial charge in [-0.05, 0) is 42.8 Å². The number of nitriles is 1. The van der Waals surface area contributed by atoms with Crippen LogP contribution in [0.15, 0.2) is 23.4 Å². The Balaban J connectivity index is 2.26. The van der Waals surface area contributed by atoms with Crippen molar-refractivity contribution in [1.82, 2.24) is 20.2 Å². The first-order valence-corrected chi connectivity index (χ1v) is 6.99. The van der Waals surface area contributed by atoms with Crippen molar-refractivity contribution in [3.63, 3.8) is 0 Å². The van der Waals surface area contributed by atoms with Crippen LogP contribution in [0.3, 0.4) is 0 Å². The predicted molar refractivity (Wildman–Crippen MR) is 74.1 cm³/mol. The van der Waals surface area contributed by atoms with Gasteiger partial charge < -0.3 is 0 Å². The molecule has 0 amide bonds. The fourth-order valence-corrected chi connectivity index (χ4v) is 2.52. The second-order valence-electron chi connectivity index (χ2n) is 4.50. The van der Waals surface area contributed by atoms with Gasteiger partial charge in [-0.15, -0.1) is 5.10 Å². The summed E-state index contributed by atoms with van der Waals surface area (Å²) in [6.07, 6.45) is 0. The number of tetrazole rings is 1. The highest BCUT2D eigenvalue weighted by Crippen LogP contribution is 2.22. The number of aromatic nitrogens is 4. The molecule has 0 saturated carbocycles. The van der Waals surface area contributed by atoms with Gasteiger partial charge in [-0.25, -0.2) is 0 Å². The van der Waals surface area contributed by atoms with Gasteiger partial charge in [0.15, 0.2) is 0 Å². The third kappa shape index (κ3) is 3.12. The number of benzene rings is 1. The summed E-state index contributed by atoms with van der Waals surface area (Å²) in [6.45, 7) is 5.98. The standard InChI is InChI=1S/C13H15N5S/c1-9-4-5-12(11(3)6-9)18-13(15-16-17-18)19-8-10(2)7-14/h4-6,10H,8H2,1-3H3/t10-/m0/s1. The second-order valence-corrected chi connectivity index (χ2v) is 5.49.